The molecule has 0 bridgehead atoms. The van der Waals surface area contributed by atoms with Gasteiger partial charge in [0.05, 0.1) is 4.90 Å². The Kier molecular flexibility index (Phi) is 7.63. The maximum atomic E-state index is 13.0. The first kappa shape index (κ1) is 23.5. The first-order valence-electron chi connectivity index (χ1n) is 9.73. The van der Waals surface area contributed by atoms with Crippen molar-refractivity contribution >= 4 is 44.8 Å². The Morgan fingerprint density at radius 3 is 1.97 bits per heavy atom. The van der Waals surface area contributed by atoms with Crippen LogP contribution in [-0.2, 0) is 26.0 Å². The predicted molar refractivity (Wildman–Crippen MR) is 125 cm³/mol. The van der Waals surface area contributed by atoms with Gasteiger partial charge in [-0.3, -0.25) is 9.59 Å². The highest BCUT2D eigenvalue weighted by atomic mass is 35.5. The monoisotopic (exact) mass is 471 g/mol. The Bertz CT molecular complexity index is 1180. The van der Waals surface area contributed by atoms with E-state index >= 15 is 0 Å². The Balaban J connectivity index is 1.81. The van der Waals surface area contributed by atoms with E-state index in [1.54, 1.807) is 24.3 Å². The molecule has 0 heterocycles. The minimum atomic E-state index is -3.97. The minimum Gasteiger partial charge on any atom is -0.326 e. The highest BCUT2D eigenvalue weighted by molar-refractivity contribution is 7.89. The van der Waals surface area contributed by atoms with Crippen molar-refractivity contribution < 1.29 is 18.0 Å². The third kappa shape index (κ3) is 6.65. The van der Waals surface area contributed by atoms with Crippen LogP contribution in [0.1, 0.15) is 12.5 Å². The molecule has 0 aromatic heterocycles. The van der Waals surface area contributed by atoms with E-state index in [4.69, 9.17) is 11.6 Å². The van der Waals surface area contributed by atoms with E-state index in [0.717, 1.165) is 5.56 Å². The summed E-state index contributed by atoms with van der Waals surface area (Å²) in [6.07, 6.45) is 0.156. The summed E-state index contributed by atoms with van der Waals surface area (Å²) < 4.78 is 28.2. The highest BCUT2D eigenvalue weighted by Gasteiger charge is 2.26. The van der Waals surface area contributed by atoms with E-state index in [1.165, 1.54) is 31.2 Å². The van der Waals surface area contributed by atoms with E-state index in [1.807, 2.05) is 30.3 Å². The summed E-state index contributed by atoms with van der Waals surface area (Å²) in [5.74, 6) is -0.722. The van der Waals surface area contributed by atoms with Crippen LogP contribution >= 0.6 is 11.6 Å². The number of rotatable bonds is 8. The second-order valence-corrected chi connectivity index (χ2v) is 9.22. The fraction of sp³-hybridized carbons (Fsp3) is 0.130. The Morgan fingerprint density at radius 2 is 1.41 bits per heavy atom. The number of benzene rings is 3. The average Bonchev–Trinajstić information content (AvgIpc) is 2.75. The second kappa shape index (κ2) is 10.4. The molecule has 1 unspecified atom stereocenters. The lowest BCUT2D eigenvalue weighted by Crippen LogP contribution is -2.45. The molecule has 7 nitrogen and oxygen atoms in total. The molecule has 3 aromatic rings. The Labute approximate surface area is 191 Å². The number of hydrogen-bond acceptors (Lipinski definition) is 4. The molecule has 3 N–H and O–H groups in total. The van der Waals surface area contributed by atoms with Crippen LogP contribution in [0.2, 0.25) is 5.02 Å². The SMILES string of the molecule is CC(=O)Nc1ccc(NC(=O)C(Cc2ccccc2)NS(=O)(=O)c2ccc(Cl)cc2)cc1. The van der Waals surface area contributed by atoms with Gasteiger partial charge in [0.2, 0.25) is 21.8 Å². The van der Waals surface area contributed by atoms with Crippen LogP contribution in [0.3, 0.4) is 0 Å². The second-order valence-electron chi connectivity index (χ2n) is 7.07. The number of anilines is 2. The molecule has 0 saturated heterocycles. The van der Waals surface area contributed by atoms with Crippen LogP contribution in [0, 0.1) is 0 Å². The molecule has 3 rings (SSSR count). The summed E-state index contributed by atoms with van der Waals surface area (Å²) in [7, 11) is -3.97. The van der Waals surface area contributed by atoms with Crippen LogP contribution in [0.15, 0.2) is 83.8 Å². The van der Waals surface area contributed by atoms with Crippen molar-refractivity contribution in [3.63, 3.8) is 0 Å². The van der Waals surface area contributed by atoms with Gasteiger partial charge in [-0.05, 0) is 60.5 Å². The average molecular weight is 472 g/mol. The van der Waals surface area contributed by atoms with E-state index in [9.17, 15) is 18.0 Å². The minimum absolute atomic E-state index is 0.00687. The number of hydrogen-bond donors (Lipinski definition) is 3. The van der Waals surface area contributed by atoms with E-state index in [2.05, 4.69) is 15.4 Å². The van der Waals surface area contributed by atoms with E-state index in [-0.39, 0.29) is 17.2 Å². The molecular weight excluding hydrogens is 450 g/mol. The molecule has 0 radical (unpaired) electrons. The summed E-state index contributed by atoms with van der Waals surface area (Å²) in [5.41, 5.74) is 1.85. The molecule has 0 aliphatic heterocycles. The van der Waals surface area contributed by atoms with Gasteiger partial charge in [-0.1, -0.05) is 41.9 Å². The van der Waals surface area contributed by atoms with Crippen LogP contribution in [0.5, 0.6) is 0 Å². The van der Waals surface area contributed by atoms with Crippen molar-refractivity contribution in [3.8, 4) is 0 Å². The van der Waals surface area contributed by atoms with Crippen LogP contribution in [-0.4, -0.2) is 26.3 Å². The van der Waals surface area contributed by atoms with Crippen molar-refractivity contribution in [2.45, 2.75) is 24.3 Å². The first-order valence-corrected chi connectivity index (χ1v) is 11.6. The third-order valence-corrected chi connectivity index (χ3v) is 6.23. The maximum Gasteiger partial charge on any atom is 0.242 e. The quantitative estimate of drug-likeness (QED) is 0.464. The molecule has 32 heavy (non-hydrogen) atoms. The van der Waals surface area contributed by atoms with Gasteiger partial charge in [-0.25, -0.2) is 8.42 Å². The van der Waals surface area contributed by atoms with Gasteiger partial charge in [0, 0.05) is 23.3 Å². The number of nitrogens with one attached hydrogen (secondary N) is 3. The van der Waals surface area contributed by atoms with Gasteiger partial charge in [0.15, 0.2) is 0 Å². The van der Waals surface area contributed by atoms with Crippen molar-refractivity contribution in [2.24, 2.45) is 0 Å². The van der Waals surface area contributed by atoms with Gasteiger partial charge in [-0.15, -0.1) is 0 Å². The largest absolute Gasteiger partial charge is 0.326 e. The zero-order valence-electron chi connectivity index (χ0n) is 17.2. The summed E-state index contributed by atoms with van der Waals surface area (Å²) in [6, 6.07) is 20.3. The van der Waals surface area contributed by atoms with E-state index in [0.29, 0.717) is 16.4 Å². The molecule has 0 spiro atoms. The predicted octanol–water partition coefficient (Wildman–Crippen LogP) is 3.83. The maximum absolute atomic E-state index is 13.0. The number of sulfonamides is 1. The fourth-order valence-electron chi connectivity index (χ4n) is 2.98. The van der Waals surface area contributed by atoms with Gasteiger partial charge in [0.1, 0.15) is 6.04 Å². The number of carbonyl (C=O) groups is 2. The molecular formula is C23H22ClN3O4S. The zero-order valence-corrected chi connectivity index (χ0v) is 18.8. The first-order chi connectivity index (χ1) is 15.2. The molecule has 0 fully saturated rings. The van der Waals surface area contributed by atoms with Crippen LogP contribution in [0.25, 0.3) is 0 Å². The Hall–Kier alpha value is -3.20. The summed E-state index contributed by atoms with van der Waals surface area (Å²) in [5, 5.41) is 5.78. The lowest BCUT2D eigenvalue weighted by Gasteiger charge is -2.19. The number of amides is 2. The molecule has 2 amide bonds. The lowest BCUT2D eigenvalue weighted by molar-refractivity contribution is -0.117. The number of halogens is 1. The van der Waals surface area contributed by atoms with Crippen molar-refractivity contribution in [1.29, 1.82) is 0 Å². The number of carbonyl (C=O) groups excluding carboxylic acids is 2. The van der Waals surface area contributed by atoms with Crippen LogP contribution in [0.4, 0.5) is 11.4 Å². The molecule has 1 atom stereocenters. The zero-order chi connectivity index (χ0) is 23.1. The lowest BCUT2D eigenvalue weighted by atomic mass is 10.1. The van der Waals surface area contributed by atoms with Crippen molar-refractivity contribution in [1.82, 2.24) is 4.72 Å². The smallest absolute Gasteiger partial charge is 0.242 e. The summed E-state index contributed by atoms with van der Waals surface area (Å²) in [6.45, 7) is 1.40. The fourth-order valence-corrected chi connectivity index (χ4v) is 4.30. The van der Waals surface area contributed by atoms with E-state index < -0.39 is 22.0 Å². The normalized spacial score (nSPS) is 12.1. The third-order valence-electron chi connectivity index (χ3n) is 4.49. The molecule has 3 aromatic carbocycles. The van der Waals surface area contributed by atoms with Gasteiger partial charge < -0.3 is 10.6 Å². The standard InChI is InChI=1S/C23H22ClN3O4S/c1-16(28)25-19-9-11-20(12-10-19)26-23(29)22(15-17-5-3-2-4-6-17)27-32(30,31)21-13-7-18(24)8-14-21/h2-14,22,27H,15H2,1H3,(H,25,28)(H,26,29). The van der Waals surface area contributed by atoms with Crippen LogP contribution < -0.4 is 15.4 Å². The summed E-state index contributed by atoms with van der Waals surface area (Å²) >= 11 is 5.85. The molecule has 9 heteroatoms. The summed E-state index contributed by atoms with van der Waals surface area (Å²) in [4.78, 5) is 24.2. The van der Waals surface area contributed by atoms with Gasteiger partial charge in [0.25, 0.3) is 0 Å². The molecule has 0 aliphatic rings. The highest BCUT2D eigenvalue weighted by Crippen LogP contribution is 2.17. The Morgan fingerprint density at radius 1 is 0.844 bits per heavy atom. The topological polar surface area (TPSA) is 104 Å². The molecule has 166 valence electrons. The molecule has 0 aliphatic carbocycles. The van der Waals surface area contributed by atoms with Crippen molar-refractivity contribution in [2.75, 3.05) is 10.6 Å². The molecule has 0 saturated carbocycles. The van der Waals surface area contributed by atoms with Gasteiger partial charge in [-0.2, -0.15) is 4.72 Å². The van der Waals surface area contributed by atoms with Crippen molar-refractivity contribution in [3.05, 3.63) is 89.4 Å². The van der Waals surface area contributed by atoms with Gasteiger partial charge >= 0.3 is 0 Å².